The third kappa shape index (κ3) is 4.37. The van der Waals surface area contributed by atoms with E-state index in [1.165, 1.54) is 6.08 Å². The Labute approximate surface area is 133 Å². The van der Waals surface area contributed by atoms with E-state index in [0.29, 0.717) is 5.56 Å². The van der Waals surface area contributed by atoms with Crippen molar-refractivity contribution >= 4 is 5.97 Å². The van der Waals surface area contributed by atoms with Crippen LogP contribution in [0.3, 0.4) is 0 Å². The first-order chi connectivity index (χ1) is 11.0. The third-order valence-electron chi connectivity index (χ3n) is 3.46. The van der Waals surface area contributed by atoms with E-state index in [9.17, 15) is 20.1 Å². The normalized spacial score (nSPS) is 30.7. The Morgan fingerprint density at radius 3 is 2.57 bits per heavy atom. The molecule has 1 aromatic carbocycles. The van der Waals surface area contributed by atoms with E-state index < -0.39 is 36.7 Å². The summed E-state index contributed by atoms with van der Waals surface area (Å²) >= 11 is 0. The summed E-state index contributed by atoms with van der Waals surface area (Å²) in [7, 11) is 0. The van der Waals surface area contributed by atoms with Crippen LogP contribution >= 0.6 is 0 Å². The molecule has 7 heteroatoms. The largest absolute Gasteiger partial charge is 0.459 e. The number of aliphatic hydroxyl groups excluding tert-OH is 3. The maximum Gasteiger partial charge on any atom is 0.338 e. The molecule has 1 fully saturated rings. The summed E-state index contributed by atoms with van der Waals surface area (Å²) in [5.74, 6) is -0.578. The highest BCUT2D eigenvalue weighted by Crippen LogP contribution is 2.23. The Balaban J connectivity index is 1.95. The first-order valence-electron chi connectivity index (χ1n) is 7.19. The van der Waals surface area contributed by atoms with E-state index in [4.69, 9.17) is 14.2 Å². The van der Waals surface area contributed by atoms with Gasteiger partial charge in [-0.3, -0.25) is 0 Å². The van der Waals surface area contributed by atoms with Crippen molar-refractivity contribution in [2.24, 2.45) is 0 Å². The van der Waals surface area contributed by atoms with Crippen LogP contribution in [0.5, 0.6) is 0 Å². The Morgan fingerprint density at radius 1 is 1.22 bits per heavy atom. The van der Waals surface area contributed by atoms with Crippen LogP contribution in [0.25, 0.3) is 0 Å². The number of hydrogen-bond acceptors (Lipinski definition) is 7. The summed E-state index contributed by atoms with van der Waals surface area (Å²) in [5.41, 5.74) is 0.359. The molecule has 0 unspecified atom stereocenters. The predicted octanol–water partition coefficient (Wildman–Crippen LogP) is -0.146. The number of carbonyl (C=O) groups is 1. The molecule has 5 atom stereocenters. The zero-order valence-electron chi connectivity index (χ0n) is 12.4. The van der Waals surface area contributed by atoms with Gasteiger partial charge in [0.15, 0.2) is 6.29 Å². The molecule has 1 heterocycles. The fourth-order valence-corrected chi connectivity index (χ4v) is 2.25. The van der Waals surface area contributed by atoms with E-state index in [1.54, 1.807) is 30.3 Å². The number of esters is 1. The summed E-state index contributed by atoms with van der Waals surface area (Å²) in [4.78, 5) is 11.9. The molecule has 1 aliphatic rings. The van der Waals surface area contributed by atoms with Gasteiger partial charge in [0, 0.05) is 0 Å². The van der Waals surface area contributed by atoms with Crippen LogP contribution in [0.2, 0.25) is 0 Å². The number of carbonyl (C=O) groups excluding carboxylic acids is 1. The Morgan fingerprint density at radius 2 is 1.91 bits per heavy atom. The molecule has 1 aliphatic heterocycles. The standard InChI is InChI=1S/C16H20O7/c1-2-8-21-14-12(17)11(23-16(20)13(14)18)9-22-15(19)10-6-4-3-5-7-10/h2-7,11-14,16-18,20H,1,8-9H2/t11-,12+,13-,14-,16+/m0/s1. The van der Waals surface area contributed by atoms with Gasteiger partial charge < -0.3 is 29.5 Å². The van der Waals surface area contributed by atoms with E-state index in [1.807, 2.05) is 0 Å². The molecule has 2 rings (SSSR count). The van der Waals surface area contributed by atoms with Gasteiger partial charge in [0.2, 0.25) is 0 Å². The fraction of sp³-hybridized carbons (Fsp3) is 0.438. The molecule has 0 aliphatic carbocycles. The van der Waals surface area contributed by atoms with Crippen LogP contribution in [-0.4, -0.2) is 65.2 Å². The van der Waals surface area contributed by atoms with Crippen LogP contribution in [-0.2, 0) is 14.2 Å². The van der Waals surface area contributed by atoms with Gasteiger partial charge in [0.25, 0.3) is 0 Å². The fourth-order valence-electron chi connectivity index (χ4n) is 2.25. The predicted molar refractivity (Wildman–Crippen MR) is 79.6 cm³/mol. The number of ether oxygens (including phenoxy) is 3. The zero-order valence-corrected chi connectivity index (χ0v) is 12.4. The third-order valence-corrected chi connectivity index (χ3v) is 3.46. The maximum absolute atomic E-state index is 11.9. The average Bonchev–Trinajstić information content (AvgIpc) is 2.57. The highest BCUT2D eigenvalue weighted by atomic mass is 16.7. The van der Waals surface area contributed by atoms with Gasteiger partial charge in [-0.25, -0.2) is 4.79 Å². The molecular formula is C16H20O7. The van der Waals surface area contributed by atoms with Crippen LogP contribution < -0.4 is 0 Å². The minimum atomic E-state index is -1.55. The minimum absolute atomic E-state index is 0.0853. The van der Waals surface area contributed by atoms with Crippen molar-refractivity contribution in [3.63, 3.8) is 0 Å². The number of hydrogen-bond donors (Lipinski definition) is 3. The van der Waals surface area contributed by atoms with Crippen LogP contribution in [0.4, 0.5) is 0 Å². The molecule has 126 valence electrons. The molecule has 0 amide bonds. The second-order valence-corrected chi connectivity index (χ2v) is 5.10. The van der Waals surface area contributed by atoms with E-state index >= 15 is 0 Å². The lowest BCUT2D eigenvalue weighted by molar-refractivity contribution is -0.292. The molecule has 0 bridgehead atoms. The second-order valence-electron chi connectivity index (χ2n) is 5.10. The quantitative estimate of drug-likeness (QED) is 0.494. The van der Waals surface area contributed by atoms with Crippen molar-refractivity contribution < 1.29 is 34.3 Å². The second kappa shape index (κ2) is 8.19. The molecule has 0 aromatic heterocycles. The number of aliphatic hydroxyl groups is 3. The van der Waals surface area contributed by atoms with E-state index in [-0.39, 0.29) is 13.2 Å². The summed E-state index contributed by atoms with van der Waals surface area (Å²) in [6.45, 7) is 3.28. The first kappa shape index (κ1) is 17.6. The van der Waals surface area contributed by atoms with Gasteiger partial charge in [-0.2, -0.15) is 0 Å². The molecule has 0 saturated carbocycles. The van der Waals surface area contributed by atoms with Crippen molar-refractivity contribution in [2.75, 3.05) is 13.2 Å². The SMILES string of the molecule is C=CCO[C@@H]1[C@H](O)[C@H](O)O[C@@H](COC(=O)c2ccccc2)[C@H]1O. The summed E-state index contributed by atoms with van der Waals surface area (Å²) in [6, 6.07) is 8.35. The molecule has 7 nitrogen and oxygen atoms in total. The molecule has 1 aromatic rings. The van der Waals surface area contributed by atoms with Crippen LogP contribution in [0.15, 0.2) is 43.0 Å². The molecular weight excluding hydrogens is 304 g/mol. The topological polar surface area (TPSA) is 105 Å². The van der Waals surface area contributed by atoms with Crippen molar-refractivity contribution in [1.29, 1.82) is 0 Å². The smallest absolute Gasteiger partial charge is 0.338 e. The summed E-state index contributed by atoms with van der Waals surface area (Å²) in [6.07, 6.45) is -4.87. The maximum atomic E-state index is 11.9. The van der Waals surface area contributed by atoms with Crippen molar-refractivity contribution in [2.45, 2.75) is 30.7 Å². The first-order valence-corrected chi connectivity index (χ1v) is 7.19. The van der Waals surface area contributed by atoms with Gasteiger partial charge >= 0.3 is 5.97 Å². The minimum Gasteiger partial charge on any atom is -0.459 e. The van der Waals surface area contributed by atoms with Crippen LogP contribution in [0.1, 0.15) is 10.4 Å². The average molecular weight is 324 g/mol. The molecule has 0 spiro atoms. The molecule has 0 radical (unpaired) electrons. The van der Waals surface area contributed by atoms with Crippen molar-refractivity contribution in [3.05, 3.63) is 48.6 Å². The zero-order chi connectivity index (χ0) is 16.8. The van der Waals surface area contributed by atoms with Crippen molar-refractivity contribution in [1.82, 2.24) is 0 Å². The van der Waals surface area contributed by atoms with Gasteiger partial charge in [0.1, 0.15) is 31.0 Å². The van der Waals surface area contributed by atoms with Crippen LogP contribution in [0, 0.1) is 0 Å². The van der Waals surface area contributed by atoms with E-state index in [2.05, 4.69) is 6.58 Å². The number of benzene rings is 1. The Kier molecular flexibility index (Phi) is 6.26. The molecule has 1 saturated heterocycles. The summed E-state index contributed by atoms with van der Waals surface area (Å²) < 4.78 is 15.4. The Bertz CT molecular complexity index is 518. The van der Waals surface area contributed by atoms with Gasteiger partial charge in [0.05, 0.1) is 12.2 Å². The molecule has 23 heavy (non-hydrogen) atoms. The highest BCUT2D eigenvalue weighted by Gasteiger charge is 2.45. The lowest BCUT2D eigenvalue weighted by atomic mass is 9.99. The lowest BCUT2D eigenvalue weighted by Gasteiger charge is -2.40. The number of rotatable bonds is 6. The highest BCUT2D eigenvalue weighted by molar-refractivity contribution is 5.89. The van der Waals surface area contributed by atoms with Gasteiger partial charge in [-0.05, 0) is 12.1 Å². The van der Waals surface area contributed by atoms with Gasteiger partial charge in [-0.15, -0.1) is 6.58 Å². The van der Waals surface area contributed by atoms with Gasteiger partial charge in [-0.1, -0.05) is 24.3 Å². The lowest BCUT2D eigenvalue weighted by Crippen LogP contribution is -2.59. The monoisotopic (exact) mass is 324 g/mol. The van der Waals surface area contributed by atoms with Crippen molar-refractivity contribution in [3.8, 4) is 0 Å². The Hall–Kier alpha value is -1.77. The summed E-state index contributed by atoms with van der Waals surface area (Å²) in [5, 5.41) is 29.7. The molecule has 3 N–H and O–H groups in total. The van der Waals surface area contributed by atoms with E-state index in [0.717, 1.165) is 0 Å².